The number of hydrogen-bond donors (Lipinski definition) is 0. The first-order chi connectivity index (χ1) is 5.33. The van der Waals surface area contributed by atoms with Gasteiger partial charge >= 0.3 is 0 Å². The average molecular weight is 152 g/mol. The molecule has 0 saturated heterocycles. The highest BCUT2D eigenvalue weighted by atomic mass is 16.5. The first-order valence-electron chi connectivity index (χ1n) is 4.03. The van der Waals surface area contributed by atoms with Crippen LogP contribution in [0.4, 0.5) is 0 Å². The van der Waals surface area contributed by atoms with Gasteiger partial charge < -0.3 is 4.74 Å². The van der Waals surface area contributed by atoms with Gasteiger partial charge in [-0.2, -0.15) is 0 Å². The average Bonchev–Trinajstić information content (AvgIpc) is 2.46. The standard InChI is InChI=1S/C9H12O2/c1-11-5-8-6-2-3-7(8)9(10)4-6/h2-3,6-8H,4-5H2,1H3/t6-,7+,8+/m1/s1. The number of fused-ring (bicyclic) bond motifs is 2. The Kier molecular flexibility index (Phi) is 1.57. The fraction of sp³-hybridized carbons (Fsp3) is 0.667. The number of rotatable bonds is 2. The molecular weight excluding hydrogens is 140 g/mol. The SMILES string of the molecule is COC[C@H]1[C@@H]2C=C[C@@H]1C(=O)C2. The molecule has 1 fully saturated rings. The van der Waals surface area contributed by atoms with Gasteiger partial charge in [0.25, 0.3) is 0 Å². The van der Waals surface area contributed by atoms with E-state index in [1.165, 1.54) is 0 Å². The van der Waals surface area contributed by atoms with Crippen LogP contribution in [-0.4, -0.2) is 19.5 Å². The monoisotopic (exact) mass is 152 g/mol. The lowest BCUT2D eigenvalue weighted by molar-refractivity contribution is -0.120. The van der Waals surface area contributed by atoms with Crippen molar-refractivity contribution in [2.75, 3.05) is 13.7 Å². The number of carbonyl (C=O) groups excluding carboxylic acids is 1. The maximum absolute atomic E-state index is 11.2. The largest absolute Gasteiger partial charge is 0.384 e. The molecule has 0 aliphatic heterocycles. The molecule has 0 heterocycles. The van der Waals surface area contributed by atoms with Crippen LogP contribution in [-0.2, 0) is 9.53 Å². The predicted octanol–water partition coefficient (Wildman–Crippen LogP) is 1.02. The molecule has 0 aromatic rings. The molecule has 0 amide bonds. The fourth-order valence-corrected chi connectivity index (χ4v) is 2.17. The molecule has 0 aromatic carbocycles. The molecule has 1 saturated carbocycles. The van der Waals surface area contributed by atoms with E-state index in [1.54, 1.807) is 7.11 Å². The Morgan fingerprint density at radius 2 is 2.45 bits per heavy atom. The topological polar surface area (TPSA) is 26.3 Å². The maximum Gasteiger partial charge on any atom is 0.140 e. The van der Waals surface area contributed by atoms with Gasteiger partial charge in [-0.3, -0.25) is 4.79 Å². The number of ether oxygens (including phenoxy) is 1. The molecule has 0 spiro atoms. The molecule has 3 atom stereocenters. The van der Waals surface area contributed by atoms with Gasteiger partial charge in [-0.15, -0.1) is 0 Å². The summed E-state index contributed by atoms with van der Waals surface area (Å²) in [5.41, 5.74) is 0. The second-order valence-electron chi connectivity index (χ2n) is 3.36. The smallest absolute Gasteiger partial charge is 0.140 e. The van der Waals surface area contributed by atoms with E-state index in [4.69, 9.17) is 4.74 Å². The first kappa shape index (κ1) is 7.04. The highest BCUT2D eigenvalue weighted by molar-refractivity contribution is 5.87. The Labute approximate surface area is 66.2 Å². The lowest BCUT2D eigenvalue weighted by Crippen LogP contribution is -2.15. The molecule has 2 aliphatic carbocycles. The quantitative estimate of drug-likeness (QED) is 0.552. The molecular formula is C9H12O2. The minimum atomic E-state index is 0.181. The summed E-state index contributed by atoms with van der Waals surface area (Å²) < 4.78 is 5.06. The van der Waals surface area contributed by atoms with E-state index < -0.39 is 0 Å². The van der Waals surface area contributed by atoms with Crippen molar-refractivity contribution in [1.29, 1.82) is 0 Å². The second-order valence-corrected chi connectivity index (χ2v) is 3.36. The van der Waals surface area contributed by atoms with Crippen molar-refractivity contribution in [3.8, 4) is 0 Å². The number of carbonyl (C=O) groups is 1. The third kappa shape index (κ3) is 0.932. The summed E-state index contributed by atoms with van der Waals surface area (Å²) in [6.07, 6.45) is 4.95. The maximum atomic E-state index is 11.2. The van der Waals surface area contributed by atoms with E-state index in [9.17, 15) is 4.79 Å². The van der Waals surface area contributed by atoms with Gasteiger partial charge in [0.15, 0.2) is 0 Å². The first-order valence-corrected chi connectivity index (χ1v) is 4.03. The van der Waals surface area contributed by atoms with E-state index in [0.717, 1.165) is 13.0 Å². The zero-order chi connectivity index (χ0) is 7.84. The van der Waals surface area contributed by atoms with Crippen LogP contribution in [0.3, 0.4) is 0 Å². The van der Waals surface area contributed by atoms with Crippen LogP contribution in [0.2, 0.25) is 0 Å². The van der Waals surface area contributed by atoms with Crippen LogP contribution < -0.4 is 0 Å². The van der Waals surface area contributed by atoms with Gasteiger partial charge in [0.1, 0.15) is 5.78 Å². The number of hydrogen-bond acceptors (Lipinski definition) is 2. The Hall–Kier alpha value is -0.630. The highest BCUT2D eigenvalue weighted by Gasteiger charge is 2.43. The van der Waals surface area contributed by atoms with Crippen LogP contribution in [0.25, 0.3) is 0 Å². The molecule has 0 radical (unpaired) electrons. The second kappa shape index (κ2) is 2.45. The molecule has 0 aromatic heterocycles. The molecule has 0 unspecified atom stereocenters. The lowest BCUT2D eigenvalue weighted by Gasteiger charge is -2.11. The van der Waals surface area contributed by atoms with Crippen molar-refractivity contribution in [2.24, 2.45) is 17.8 Å². The summed E-state index contributed by atoms with van der Waals surface area (Å²) >= 11 is 0. The van der Waals surface area contributed by atoms with Crippen LogP contribution in [0.1, 0.15) is 6.42 Å². The van der Waals surface area contributed by atoms with Gasteiger partial charge in [0, 0.05) is 25.4 Å². The third-order valence-electron chi connectivity index (χ3n) is 2.74. The van der Waals surface area contributed by atoms with Crippen molar-refractivity contribution < 1.29 is 9.53 Å². The summed E-state index contributed by atoms with van der Waals surface area (Å²) in [5, 5.41) is 0. The molecule has 60 valence electrons. The van der Waals surface area contributed by atoms with Crippen molar-refractivity contribution in [1.82, 2.24) is 0 Å². The number of methoxy groups -OCH3 is 1. The van der Waals surface area contributed by atoms with Crippen molar-refractivity contribution in [3.63, 3.8) is 0 Å². The molecule has 2 aliphatic rings. The number of ketones is 1. The van der Waals surface area contributed by atoms with Crippen molar-refractivity contribution in [3.05, 3.63) is 12.2 Å². The number of allylic oxidation sites excluding steroid dienone is 2. The van der Waals surface area contributed by atoms with Gasteiger partial charge in [-0.05, 0) is 5.92 Å². The summed E-state index contributed by atoms with van der Waals surface area (Å²) in [4.78, 5) is 11.2. The molecule has 2 heteroatoms. The normalized spacial score (nSPS) is 40.5. The third-order valence-corrected chi connectivity index (χ3v) is 2.74. The zero-order valence-corrected chi connectivity index (χ0v) is 6.62. The van der Waals surface area contributed by atoms with Crippen molar-refractivity contribution >= 4 is 5.78 Å². The Morgan fingerprint density at radius 1 is 1.64 bits per heavy atom. The van der Waals surface area contributed by atoms with E-state index in [1.807, 2.05) is 6.08 Å². The van der Waals surface area contributed by atoms with Crippen LogP contribution in [0.15, 0.2) is 12.2 Å². The highest BCUT2D eigenvalue weighted by Crippen LogP contribution is 2.41. The minimum absolute atomic E-state index is 0.181. The lowest BCUT2D eigenvalue weighted by atomic mass is 9.98. The molecule has 0 N–H and O–H groups in total. The number of Topliss-reactive ketones (excluding diaryl/α,β-unsaturated/α-hetero) is 1. The fourth-order valence-electron chi connectivity index (χ4n) is 2.17. The summed E-state index contributed by atoms with van der Waals surface area (Å²) in [5.74, 6) is 1.51. The van der Waals surface area contributed by atoms with Gasteiger partial charge in [0.05, 0.1) is 6.61 Å². The van der Waals surface area contributed by atoms with Crippen LogP contribution in [0, 0.1) is 17.8 Å². The van der Waals surface area contributed by atoms with Crippen LogP contribution in [0.5, 0.6) is 0 Å². The van der Waals surface area contributed by atoms with Gasteiger partial charge in [-0.1, -0.05) is 12.2 Å². The Morgan fingerprint density at radius 3 is 2.91 bits per heavy atom. The molecule has 2 bridgehead atoms. The molecule has 2 nitrogen and oxygen atoms in total. The molecule has 2 rings (SSSR count). The van der Waals surface area contributed by atoms with Crippen LogP contribution >= 0.6 is 0 Å². The summed E-state index contributed by atoms with van der Waals surface area (Å²) in [6, 6.07) is 0. The predicted molar refractivity (Wildman–Crippen MR) is 41.1 cm³/mol. The minimum Gasteiger partial charge on any atom is -0.384 e. The molecule has 11 heavy (non-hydrogen) atoms. The van der Waals surface area contributed by atoms with Gasteiger partial charge in [0.2, 0.25) is 0 Å². The van der Waals surface area contributed by atoms with Gasteiger partial charge in [-0.25, -0.2) is 0 Å². The van der Waals surface area contributed by atoms with E-state index in [-0.39, 0.29) is 5.92 Å². The van der Waals surface area contributed by atoms with Crippen molar-refractivity contribution in [2.45, 2.75) is 6.42 Å². The zero-order valence-electron chi connectivity index (χ0n) is 6.62. The summed E-state index contributed by atoms with van der Waals surface area (Å²) in [7, 11) is 1.70. The van der Waals surface area contributed by atoms with E-state index in [2.05, 4.69) is 6.08 Å². The van der Waals surface area contributed by atoms with E-state index >= 15 is 0 Å². The Bertz CT molecular complexity index is 208. The Balaban J connectivity index is 2.11. The summed E-state index contributed by atoms with van der Waals surface area (Å²) in [6.45, 7) is 0.730. The van der Waals surface area contributed by atoms with E-state index in [0.29, 0.717) is 17.6 Å².